The number of hydrogen-bond donors (Lipinski definition) is 0. The van der Waals surface area contributed by atoms with Gasteiger partial charge >= 0.3 is 6.18 Å². The molecule has 7 heteroatoms. The molecule has 1 rings (SSSR count). The predicted molar refractivity (Wildman–Crippen MR) is 93.1 cm³/mol. The number of halogens is 3. The van der Waals surface area contributed by atoms with Crippen molar-refractivity contribution in [2.24, 2.45) is 0 Å². The number of imidazole rings is 1. The predicted octanol–water partition coefficient (Wildman–Crippen LogP) is 5.78. The van der Waals surface area contributed by atoms with E-state index in [0.29, 0.717) is 12.7 Å². The molecule has 3 nitrogen and oxygen atoms in total. The largest absolute Gasteiger partial charge is 0.433 e. The second kappa shape index (κ2) is 6.65. The first-order valence-corrected chi connectivity index (χ1v) is 10.9. The third kappa shape index (κ3) is 4.10. The van der Waals surface area contributed by atoms with Crippen molar-refractivity contribution in [1.29, 1.82) is 0 Å². The van der Waals surface area contributed by atoms with E-state index in [4.69, 9.17) is 0 Å². The van der Waals surface area contributed by atoms with Crippen LogP contribution in [0.15, 0.2) is 6.20 Å². The SMILES string of the molecule is CC(C)(C)[Si](C)(CCCn1c(C(F)(F)F)cnc1C=O)C(C)(C)C. The van der Waals surface area contributed by atoms with E-state index in [0.717, 1.165) is 16.8 Å². The van der Waals surface area contributed by atoms with Gasteiger partial charge in [0.05, 0.1) is 14.3 Å². The van der Waals surface area contributed by atoms with Gasteiger partial charge in [-0.1, -0.05) is 54.1 Å². The molecule has 0 atom stereocenters. The van der Waals surface area contributed by atoms with Crippen LogP contribution >= 0.6 is 0 Å². The molecule has 0 N–H and O–H groups in total. The second-order valence-corrected chi connectivity index (χ2v) is 14.9. The van der Waals surface area contributed by atoms with Crippen molar-refractivity contribution in [3.8, 4) is 0 Å². The monoisotopic (exact) mass is 362 g/mol. The Kier molecular flexibility index (Phi) is 5.80. The summed E-state index contributed by atoms with van der Waals surface area (Å²) in [4.78, 5) is 14.6. The first-order valence-electron chi connectivity index (χ1n) is 8.23. The van der Waals surface area contributed by atoms with E-state index in [1.807, 2.05) is 0 Å². The minimum absolute atomic E-state index is 0.139. The van der Waals surface area contributed by atoms with Crippen molar-refractivity contribution in [1.82, 2.24) is 9.55 Å². The molecule has 0 fully saturated rings. The van der Waals surface area contributed by atoms with Gasteiger partial charge in [-0.3, -0.25) is 4.79 Å². The van der Waals surface area contributed by atoms with Gasteiger partial charge in [0.15, 0.2) is 12.1 Å². The molecule has 0 aliphatic rings. The van der Waals surface area contributed by atoms with Gasteiger partial charge in [0.25, 0.3) is 0 Å². The maximum atomic E-state index is 13.1. The molecule has 0 spiro atoms. The molecular weight excluding hydrogens is 333 g/mol. The maximum absolute atomic E-state index is 13.1. The van der Waals surface area contributed by atoms with Crippen LogP contribution in [0, 0.1) is 0 Å². The number of rotatable bonds is 5. The first-order chi connectivity index (χ1) is 10.6. The fraction of sp³-hybridized carbons (Fsp3) is 0.765. The molecule has 0 aliphatic heterocycles. The van der Waals surface area contributed by atoms with Crippen LogP contribution < -0.4 is 0 Å². The van der Waals surface area contributed by atoms with Crippen LogP contribution in [-0.2, 0) is 12.7 Å². The van der Waals surface area contributed by atoms with Crippen LogP contribution in [0.3, 0.4) is 0 Å². The van der Waals surface area contributed by atoms with Crippen molar-refractivity contribution in [3.05, 3.63) is 17.7 Å². The van der Waals surface area contributed by atoms with Crippen LogP contribution in [0.25, 0.3) is 0 Å². The van der Waals surface area contributed by atoms with Gasteiger partial charge in [0.2, 0.25) is 0 Å². The summed E-state index contributed by atoms with van der Waals surface area (Å²) in [5.74, 6) is -0.155. The highest BCUT2D eigenvalue weighted by molar-refractivity contribution is 6.83. The Hall–Kier alpha value is -1.11. The number of aromatic nitrogens is 2. The number of carbonyl (C=O) groups is 1. The zero-order chi connectivity index (χ0) is 19.0. The summed E-state index contributed by atoms with van der Waals surface area (Å²) in [6.45, 7) is 15.8. The van der Waals surface area contributed by atoms with E-state index in [2.05, 4.69) is 53.1 Å². The van der Waals surface area contributed by atoms with Crippen molar-refractivity contribution >= 4 is 14.4 Å². The number of aldehydes is 1. The molecule has 1 aromatic rings. The molecule has 0 bridgehead atoms. The standard InChI is InChI=1S/C17H29F3N2OSi/c1-15(2,3)24(7,16(4,5)6)10-8-9-22-13(17(18,19)20)11-21-14(22)12-23/h11-12H,8-10H2,1-7H3. The summed E-state index contributed by atoms with van der Waals surface area (Å²) in [7, 11) is -1.78. The Morgan fingerprint density at radius 1 is 1.12 bits per heavy atom. The van der Waals surface area contributed by atoms with E-state index in [1.54, 1.807) is 0 Å². The van der Waals surface area contributed by atoms with Gasteiger partial charge in [0.1, 0.15) is 5.69 Å². The average Bonchev–Trinajstić information content (AvgIpc) is 2.78. The Labute approximate surface area is 143 Å². The molecule has 0 unspecified atom stereocenters. The Bertz CT molecular complexity index is 566. The molecule has 1 aromatic heterocycles. The quantitative estimate of drug-likeness (QED) is 0.491. The summed E-state index contributed by atoms with van der Waals surface area (Å²) < 4.78 is 40.2. The number of hydrogen-bond acceptors (Lipinski definition) is 2. The Balaban J connectivity index is 3.02. The molecule has 0 amide bonds. The fourth-order valence-corrected chi connectivity index (χ4v) is 8.03. The molecule has 24 heavy (non-hydrogen) atoms. The molecule has 1 heterocycles. The molecule has 0 saturated heterocycles. The highest BCUT2D eigenvalue weighted by Crippen LogP contribution is 2.53. The molecule has 0 radical (unpaired) electrons. The van der Waals surface area contributed by atoms with Crippen molar-refractivity contribution in [3.63, 3.8) is 0 Å². The van der Waals surface area contributed by atoms with Crippen LogP contribution in [-0.4, -0.2) is 23.9 Å². The Morgan fingerprint density at radius 2 is 1.62 bits per heavy atom. The summed E-state index contributed by atoms with van der Waals surface area (Å²) in [5, 5.41) is 0.279. The zero-order valence-corrected chi connectivity index (χ0v) is 16.7. The van der Waals surface area contributed by atoms with Gasteiger partial charge in [0, 0.05) is 6.54 Å². The van der Waals surface area contributed by atoms with Gasteiger partial charge in [-0.15, -0.1) is 0 Å². The lowest BCUT2D eigenvalue weighted by molar-refractivity contribution is -0.143. The van der Waals surface area contributed by atoms with Crippen LogP contribution in [0.1, 0.15) is 64.3 Å². The van der Waals surface area contributed by atoms with Crippen molar-refractivity contribution in [2.75, 3.05) is 0 Å². The fourth-order valence-electron chi connectivity index (χ4n) is 3.41. The number of alkyl halides is 3. The van der Waals surface area contributed by atoms with E-state index in [1.165, 1.54) is 0 Å². The molecule has 138 valence electrons. The third-order valence-corrected chi connectivity index (χ3v) is 13.6. The lowest BCUT2D eigenvalue weighted by Gasteiger charge is -2.50. The van der Waals surface area contributed by atoms with Gasteiger partial charge in [-0.05, 0) is 16.5 Å². The summed E-state index contributed by atoms with van der Waals surface area (Å²) in [5.41, 5.74) is -0.848. The normalized spacial score (nSPS) is 14.1. The van der Waals surface area contributed by atoms with E-state index in [-0.39, 0.29) is 22.4 Å². The van der Waals surface area contributed by atoms with E-state index in [9.17, 15) is 18.0 Å². The maximum Gasteiger partial charge on any atom is 0.433 e. The Morgan fingerprint density at radius 3 is 2.00 bits per heavy atom. The van der Waals surface area contributed by atoms with Gasteiger partial charge in [-0.25, -0.2) is 4.98 Å². The highest BCUT2D eigenvalue weighted by Gasteiger charge is 2.48. The van der Waals surface area contributed by atoms with E-state index < -0.39 is 19.9 Å². The topological polar surface area (TPSA) is 34.9 Å². The lowest BCUT2D eigenvalue weighted by Crippen LogP contribution is -2.48. The van der Waals surface area contributed by atoms with Gasteiger partial charge < -0.3 is 4.57 Å². The second-order valence-electron chi connectivity index (χ2n) is 8.70. The first kappa shape index (κ1) is 20.9. The van der Waals surface area contributed by atoms with Crippen LogP contribution in [0.2, 0.25) is 22.7 Å². The van der Waals surface area contributed by atoms with Crippen molar-refractivity contribution in [2.45, 2.75) is 83.4 Å². The summed E-state index contributed by atoms with van der Waals surface area (Å²) in [6.07, 6.45) is -2.76. The zero-order valence-electron chi connectivity index (χ0n) is 15.7. The molecular formula is C17H29F3N2OSi. The summed E-state index contributed by atoms with van der Waals surface area (Å²) in [6, 6.07) is 0.897. The minimum atomic E-state index is -4.50. The van der Waals surface area contributed by atoms with E-state index >= 15 is 0 Å². The molecule has 0 saturated carbocycles. The number of carbonyl (C=O) groups excluding carboxylic acids is 1. The number of nitrogens with zero attached hydrogens (tertiary/aromatic N) is 2. The molecule has 0 aliphatic carbocycles. The summed E-state index contributed by atoms with van der Waals surface area (Å²) >= 11 is 0. The van der Waals surface area contributed by atoms with Crippen LogP contribution in [0.5, 0.6) is 0 Å². The molecule has 0 aromatic carbocycles. The lowest BCUT2D eigenvalue weighted by atomic mass is 10.2. The smallest absolute Gasteiger partial charge is 0.318 e. The average molecular weight is 363 g/mol. The highest BCUT2D eigenvalue weighted by atomic mass is 28.3. The minimum Gasteiger partial charge on any atom is -0.318 e. The third-order valence-electron chi connectivity index (χ3n) is 5.65. The van der Waals surface area contributed by atoms with Crippen molar-refractivity contribution < 1.29 is 18.0 Å². The van der Waals surface area contributed by atoms with Crippen LogP contribution in [0.4, 0.5) is 13.2 Å². The van der Waals surface area contributed by atoms with Gasteiger partial charge in [-0.2, -0.15) is 13.2 Å².